The summed E-state index contributed by atoms with van der Waals surface area (Å²) in [5, 5.41) is 7.79. The molecule has 0 amide bonds. The van der Waals surface area contributed by atoms with Crippen LogP contribution < -0.4 is 5.32 Å². The zero-order valence-corrected chi connectivity index (χ0v) is 10.9. The maximum absolute atomic E-state index is 4.43. The summed E-state index contributed by atoms with van der Waals surface area (Å²) in [7, 11) is 2.19. The van der Waals surface area contributed by atoms with Crippen molar-refractivity contribution < 1.29 is 0 Å². The van der Waals surface area contributed by atoms with Crippen molar-refractivity contribution in [3.8, 4) is 0 Å². The second-order valence-electron chi connectivity index (χ2n) is 5.13. The van der Waals surface area contributed by atoms with Gasteiger partial charge >= 0.3 is 0 Å². The van der Waals surface area contributed by atoms with E-state index in [1.807, 2.05) is 16.8 Å². The van der Waals surface area contributed by atoms with E-state index in [0.29, 0.717) is 12.1 Å². The summed E-state index contributed by atoms with van der Waals surface area (Å²) in [6, 6.07) is 3.12. The Kier molecular flexibility index (Phi) is 2.91. The molecule has 2 aromatic rings. The molecule has 0 radical (unpaired) electrons. The molecule has 1 fully saturated rings. The highest BCUT2D eigenvalue weighted by atomic mass is 15.2. The number of fused-ring (bicyclic) bond motifs is 1. The van der Waals surface area contributed by atoms with Gasteiger partial charge in [-0.2, -0.15) is 5.10 Å². The van der Waals surface area contributed by atoms with Crippen LogP contribution in [0.4, 0.5) is 5.82 Å². The third-order valence-corrected chi connectivity index (χ3v) is 3.87. The molecule has 0 aromatic carbocycles. The van der Waals surface area contributed by atoms with E-state index in [9.17, 15) is 0 Å². The van der Waals surface area contributed by atoms with E-state index in [0.717, 1.165) is 30.7 Å². The summed E-state index contributed by atoms with van der Waals surface area (Å²) >= 11 is 0. The average Bonchev–Trinajstić information content (AvgIpc) is 2.83. The van der Waals surface area contributed by atoms with E-state index in [-0.39, 0.29) is 0 Å². The van der Waals surface area contributed by atoms with Gasteiger partial charge in [0.05, 0.1) is 6.20 Å². The van der Waals surface area contributed by atoms with Gasteiger partial charge in [-0.15, -0.1) is 0 Å². The number of nitrogens with zero attached hydrogens (tertiary/aromatic N) is 4. The number of nitrogens with one attached hydrogen (secondary N) is 1. The minimum atomic E-state index is 0.504. The Labute approximate surface area is 107 Å². The lowest BCUT2D eigenvalue weighted by molar-refractivity contribution is 0.190. The Morgan fingerprint density at radius 1 is 1.39 bits per heavy atom. The van der Waals surface area contributed by atoms with Gasteiger partial charge in [-0.1, -0.05) is 0 Å². The Hall–Kier alpha value is -1.62. The standard InChI is InChI=1S/C13H19N5/c1-10-9-11(4-7-17(10)2)16-13-12-3-5-15-18(12)8-6-14-13/h3,5-6,8,10-11H,4,7,9H2,1-2H3,(H,14,16). The quantitative estimate of drug-likeness (QED) is 0.873. The van der Waals surface area contributed by atoms with Crippen LogP contribution in [0, 0.1) is 0 Å². The van der Waals surface area contributed by atoms with Gasteiger partial charge in [0, 0.05) is 31.0 Å². The van der Waals surface area contributed by atoms with E-state index in [4.69, 9.17) is 0 Å². The molecule has 96 valence electrons. The minimum absolute atomic E-state index is 0.504. The Morgan fingerprint density at radius 3 is 3.11 bits per heavy atom. The second kappa shape index (κ2) is 4.57. The lowest BCUT2D eigenvalue weighted by atomic mass is 9.99. The minimum Gasteiger partial charge on any atom is -0.365 e. The van der Waals surface area contributed by atoms with Gasteiger partial charge < -0.3 is 10.2 Å². The fourth-order valence-corrected chi connectivity index (χ4v) is 2.58. The molecule has 1 aliphatic heterocycles. The second-order valence-corrected chi connectivity index (χ2v) is 5.13. The largest absolute Gasteiger partial charge is 0.365 e. The SMILES string of the molecule is CC1CC(Nc2nccn3nccc23)CCN1C. The number of anilines is 1. The monoisotopic (exact) mass is 245 g/mol. The van der Waals surface area contributed by atoms with Crippen LogP contribution in [0.3, 0.4) is 0 Å². The van der Waals surface area contributed by atoms with Crippen molar-refractivity contribution in [3.05, 3.63) is 24.7 Å². The van der Waals surface area contributed by atoms with Crippen molar-refractivity contribution >= 4 is 11.3 Å². The molecule has 0 spiro atoms. The molecule has 3 heterocycles. The third-order valence-electron chi connectivity index (χ3n) is 3.87. The lowest BCUT2D eigenvalue weighted by Gasteiger charge is -2.35. The van der Waals surface area contributed by atoms with Crippen LogP contribution in [-0.4, -0.2) is 45.2 Å². The maximum atomic E-state index is 4.43. The van der Waals surface area contributed by atoms with Crippen LogP contribution in [0.15, 0.2) is 24.7 Å². The zero-order chi connectivity index (χ0) is 12.5. The summed E-state index contributed by atoms with van der Waals surface area (Å²) in [6.07, 6.45) is 7.79. The molecule has 1 aliphatic rings. The van der Waals surface area contributed by atoms with Crippen molar-refractivity contribution in [1.82, 2.24) is 19.5 Å². The summed E-state index contributed by atoms with van der Waals surface area (Å²) < 4.78 is 1.85. The van der Waals surface area contributed by atoms with Gasteiger partial charge in [-0.25, -0.2) is 9.50 Å². The molecule has 2 unspecified atom stereocenters. The van der Waals surface area contributed by atoms with E-state index in [2.05, 4.69) is 34.3 Å². The van der Waals surface area contributed by atoms with Crippen LogP contribution >= 0.6 is 0 Å². The van der Waals surface area contributed by atoms with E-state index in [1.54, 1.807) is 12.4 Å². The highest BCUT2D eigenvalue weighted by Crippen LogP contribution is 2.21. The van der Waals surface area contributed by atoms with Crippen LogP contribution in [-0.2, 0) is 0 Å². The molecule has 2 aromatic heterocycles. The van der Waals surface area contributed by atoms with E-state index in [1.165, 1.54) is 0 Å². The molecule has 0 saturated carbocycles. The number of aromatic nitrogens is 3. The molecule has 5 nitrogen and oxygen atoms in total. The number of piperidine rings is 1. The Morgan fingerprint density at radius 2 is 2.28 bits per heavy atom. The van der Waals surface area contributed by atoms with Crippen molar-refractivity contribution in [2.24, 2.45) is 0 Å². The van der Waals surface area contributed by atoms with Gasteiger partial charge in [0.2, 0.25) is 0 Å². The van der Waals surface area contributed by atoms with Gasteiger partial charge in [0.1, 0.15) is 5.52 Å². The molecule has 0 aliphatic carbocycles. The van der Waals surface area contributed by atoms with Crippen LogP contribution in [0.2, 0.25) is 0 Å². The molecular formula is C13H19N5. The van der Waals surface area contributed by atoms with E-state index < -0.39 is 0 Å². The zero-order valence-electron chi connectivity index (χ0n) is 10.9. The van der Waals surface area contributed by atoms with Crippen molar-refractivity contribution in [1.29, 1.82) is 0 Å². The first-order valence-electron chi connectivity index (χ1n) is 6.49. The van der Waals surface area contributed by atoms with Crippen molar-refractivity contribution in [3.63, 3.8) is 0 Å². The van der Waals surface area contributed by atoms with E-state index >= 15 is 0 Å². The average molecular weight is 245 g/mol. The molecule has 0 bridgehead atoms. The van der Waals surface area contributed by atoms with Gasteiger partial charge in [-0.05, 0) is 32.9 Å². The van der Waals surface area contributed by atoms with Crippen LogP contribution in [0.5, 0.6) is 0 Å². The topological polar surface area (TPSA) is 45.5 Å². The summed E-state index contributed by atoms with van der Waals surface area (Å²) in [5.74, 6) is 0.941. The molecule has 1 saturated heterocycles. The first-order valence-corrected chi connectivity index (χ1v) is 6.49. The molecule has 3 rings (SSSR count). The lowest BCUT2D eigenvalue weighted by Crippen LogP contribution is -2.42. The maximum Gasteiger partial charge on any atom is 0.152 e. The first-order chi connectivity index (χ1) is 8.74. The predicted octanol–water partition coefficient (Wildman–Crippen LogP) is 1.62. The fourth-order valence-electron chi connectivity index (χ4n) is 2.58. The molecular weight excluding hydrogens is 226 g/mol. The van der Waals surface area contributed by atoms with Gasteiger partial charge in [-0.3, -0.25) is 0 Å². The number of likely N-dealkylation sites (tertiary alicyclic amines) is 1. The smallest absolute Gasteiger partial charge is 0.152 e. The number of hydrogen-bond acceptors (Lipinski definition) is 4. The highest BCUT2D eigenvalue weighted by Gasteiger charge is 2.23. The predicted molar refractivity (Wildman–Crippen MR) is 71.7 cm³/mol. The Bertz CT molecular complexity index is 535. The molecule has 2 atom stereocenters. The third kappa shape index (κ3) is 2.06. The molecule has 18 heavy (non-hydrogen) atoms. The molecule has 1 N–H and O–H groups in total. The number of hydrogen-bond donors (Lipinski definition) is 1. The fraction of sp³-hybridized carbons (Fsp3) is 0.538. The van der Waals surface area contributed by atoms with Crippen molar-refractivity contribution in [2.75, 3.05) is 18.9 Å². The van der Waals surface area contributed by atoms with Gasteiger partial charge in [0.25, 0.3) is 0 Å². The first kappa shape index (κ1) is 11.5. The highest BCUT2D eigenvalue weighted by molar-refractivity contribution is 5.67. The van der Waals surface area contributed by atoms with Gasteiger partial charge in [0.15, 0.2) is 5.82 Å². The molecule has 5 heteroatoms. The Balaban J connectivity index is 1.78. The summed E-state index contributed by atoms with van der Waals surface area (Å²) in [5.41, 5.74) is 1.05. The van der Waals surface area contributed by atoms with Crippen LogP contribution in [0.1, 0.15) is 19.8 Å². The summed E-state index contributed by atoms with van der Waals surface area (Å²) in [6.45, 7) is 3.42. The normalized spacial score (nSPS) is 25.4. The van der Waals surface area contributed by atoms with Crippen LogP contribution in [0.25, 0.3) is 5.52 Å². The summed E-state index contributed by atoms with van der Waals surface area (Å²) in [4.78, 5) is 6.84. The number of rotatable bonds is 2. The van der Waals surface area contributed by atoms with Crippen molar-refractivity contribution in [2.45, 2.75) is 31.8 Å².